The SMILES string of the molecule is COC(=O)c1cn(Cc2ccccc2)c2c(C)ccc(C)c2c1=O. The molecule has 3 aromatic rings. The molecule has 4 heteroatoms. The van der Waals surface area contributed by atoms with Crippen LogP contribution in [0.4, 0.5) is 0 Å². The van der Waals surface area contributed by atoms with Crippen LogP contribution in [0.1, 0.15) is 27.0 Å². The first-order valence-corrected chi connectivity index (χ1v) is 7.78. The molecule has 0 aliphatic rings. The molecule has 0 spiro atoms. The highest BCUT2D eigenvalue weighted by Crippen LogP contribution is 2.21. The van der Waals surface area contributed by atoms with E-state index in [9.17, 15) is 9.59 Å². The Bertz CT molecular complexity index is 972. The average Bonchev–Trinajstić information content (AvgIpc) is 2.59. The van der Waals surface area contributed by atoms with E-state index in [1.54, 1.807) is 6.20 Å². The second kappa shape index (κ2) is 6.32. The van der Waals surface area contributed by atoms with Crippen LogP contribution in [0.15, 0.2) is 53.5 Å². The van der Waals surface area contributed by atoms with Gasteiger partial charge in [-0.3, -0.25) is 4.79 Å². The highest BCUT2D eigenvalue weighted by Gasteiger charge is 2.18. The molecular weight excluding hydrogens is 302 g/mol. The summed E-state index contributed by atoms with van der Waals surface area (Å²) in [5.41, 5.74) is 3.60. The molecule has 0 radical (unpaired) electrons. The first kappa shape index (κ1) is 16.0. The van der Waals surface area contributed by atoms with Crippen LogP contribution < -0.4 is 5.43 Å². The molecule has 0 unspecified atom stereocenters. The van der Waals surface area contributed by atoms with Crippen molar-refractivity contribution in [1.29, 1.82) is 0 Å². The van der Waals surface area contributed by atoms with Crippen LogP contribution in [0.2, 0.25) is 0 Å². The highest BCUT2D eigenvalue weighted by atomic mass is 16.5. The molecule has 0 fully saturated rings. The number of carbonyl (C=O) groups is 1. The Labute approximate surface area is 140 Å². The van der Waals surface area contributed by atoms with E-state index in [-0.39, 0.29) is 11.0 Å². The number of aryl methyl sites for hydroxylation is 2. The lowest BCUT2D eigenvalue weighted by Gasteiger charge is -2.16. The summed E-state index contributed by atoms with van der Waals surface area (Å²) in [6, 6.07) is 13.9. The number of aromatic nitrogens is 1. The summed E-state index contributed by atoms with van der Waals surface area (Å²) in [5.74, 6) is -0.607. The Morgan fingerprint density at radius 1 is 1.04 bits per heavy atom. The Kier molecular flexibility index (Phi) is 4.21. The van der Waals surface area contributed by atoms with Crippen molar-refractivity contribution in [3.63, 3.8) is 0 Å². The number of ether oxygens (including phenoxy) is 1. The summed E-state index contributed by atoms with van der Waals surface area (Å²) in [6.45, 7) is 4.43. The van der Waals surface area contributed by atoms with Crippen LogP contribution in [-0.2, 0) is 11.3 Å². The van der Waals surface area contributed by atoms with Crippen molar-refractivity contribution in [2.45, 2.75) is 20.4 Å². The van der Waals surface area contributed by atoms with Crippen LogP contribution in [-0.4, -0.2) is 17.6 Å². The van der Waals surface area contributed by atoms with E-state index in [1.807, 2.05) is 60.9 Å². The van der Waals surface area contributed by atoms with Gasteiger partial charge < -0.3 is 9.30 Å². The second-order valence-electron chi connectivity index (χ2n) is 5.90. The molecule has 24 heavy (non-hydrogen) atoms. The van der Waals surface area contributed by atoms with Gasteiger partial charge in [-0.1, -0.05) is 42.5 Å². The minimum absolute atomic E-state index is 0.0645. The van der Waals surface area contributed by atoms with E-state index in [1.165, 1.54) is 7.11 Å². The monoisotopic (exact) mass is 321 g/mol. The van der Waals surface area contributed by atoms with Crippen molar-refractivity contribution in [3.05, 3.63) is 81.1 Å². The van der Waals surface area contributed by atoms with Crippen molar-refractivity contribution in [2.24, 2.45) is 0 Å². The predicted molar refractivity (Wildman–Crippen MR) is 94.6 cm³/mol. The predicted octanol–water partition coefficient (Wildman–Crippen LogP) is 3.45. The van der Waals surface area contributed by atoms with E-state index >= 15 is 0 Å². The maximum atomic E-state index is 12.8. The summed E-state index contributed by atoms with van der Waals surface area (Å²) in [7, 11) is 1.29. The van der Waals surface area contributed by atoms with Gasteiger partial charge in [-0.2, -0.15) is 0 Å². The highest BCUT2D eigenvalue weighted by molar-refractivity contribution is 5.95. The zero-order chi connectivity index (χ0) is 17.3. The van der Waals surface area contributed by atoms with E-state index in [0.29, 0.717) is 11.9 Å². The lowest BCUT2D eigenvalue weighted by atomic mass is 10.0. The van der Waals surface area contributed by atoms with Gasteiger partial charge in [0.25, 0.3) is 0 Å². The molecule has 0 saturated carbocycles. The number of hydrogen-bond donors (Lipinski definition) is 0. The Morgan fingerprint density at radius 2 is 1.71 bits per heavy atom. The average molecular weight is 321 g/mol. The van der Waals surface area contributed by atoms with Crippen molar-refractivity contribution in [1.82, 2.24) is 4.57 Å². The number of benzene rings is 2. The first-order chi connectivity index (χ1) is 11.5. The number of fused-ring (bicyclic) bond motifs is 1. The lowest BCUT2D eigenvalue weighted by molar-refractivity contribution is 0.0598. The molecule has 1 heterocycles. The summed E-state index contributed by atoms with van der Waals surface area (Å²) in [6.07, 6.45) is 1.61. The minimum atomic E-state index is -0.607. The number of pyridine rings is 1. The van der Waals surface area contributed by atoms with E-state index < -0.39 is 5.97 Å². The summed E-state index contributed by atoms with van der Waals surface area (Å²) in [4.78, 5) is 24.8. The van der Waals surface area contributed by atoms with Crippen LogP contribution in [0.3, 0.4) is 0 Å². The van der Waals surface area contributed by atoms with E-state index in [0.717, 1.165) is 22.2 Å². The van der Waals surface area contributed by atoms with Crippen LogP contribution in [0.25, 0.3) is 10.9 Å². The van der Waals surface area contributed by atoms with Crippen molar-refractivity contribution >= 4 is 16.9 Å². The third-order valence-electron chi connectivity index (χ3n) is 4.23. The third kappa shape index (κ3) is 2.71. The van der Waals surface area contributed by atoms with Gasteiger partial charge in [0.15, 0.2) is 0 Å². The maximum absolute atomic E-state index is 12.8. The molecule has 0 N–H and O–H groups in total. The topological polar surface area (TPSA) is 48.3 Å². The van der Waals surface area contributed by atoms with E-state index in [2.05, 4.69) is 0 Å². The molecule has 0 bridgehead atoms. The molecule has 4 nitrogen and oxygen atoms in total. The number of carbonyl (C=O) groups excluding carboxylic acids is 1. The standard InChI is InChI=1S/C20H19NO3/c1-13-9-10-14(2)18-17(13)19(22)16(20(23)24-3)12-21(18)11-15-7-5-4-6-8-15/h4-10,12H,11H2,1-3H3. The van der Waals surface area contributed by atoms with Crippen LogP contribution >= 0.6 is 0 Å². The zero-order valence-corrected chi connectivity index (χ0v) is 14.0. The Morgan fingerprint density at radius 3 is 2.38 bits per heavy atom. The summed E-state index contributed by atoms with van der Waals surface area (Å²) < 4.78 is 6.75. The molecule has 1 aromatic heterocycles. The van der Waals surface area contributed by atoms with Crippen molar-refractivity contribution in [3.8, 4) is 0 Å². The van der Waals surface area contributed by atoms with Crippen molar-refractivity contribution < 1.29 is 9.53 Å². The van der Waals surface area contributed by atoms with E-state index in [4.69, 9.17) is 4.74 Å². The van der Waals surface area contributed by atoms with Gasteiger partial charge in [0.1, 0.15) is 5.56 Å². The minimum Gasteiger partial charge on any atom is -0.465 e. The Balaban J connectivity index is 2.34. The van der Waals surface area contributed by atoms with Gasteiger partial charge in [-0.25, -0.2) is 4.79 Å². The van der Waals surface area contributed by atoms with Gasteiger partial charge in [0, 0.05) is 18.1 Å². The number of esters is 1. The van der Waals surface area contributed by atoms with Crippen LogP contribution in [0, 0.1) is 13.8 Å². The number of hydrogen-bond acceptors (Lipinski definition) is 3. The number of nitrogens with zero attached hydrogens (tertiary/aromatic N) is 1. The quantitative estimate of drug-likeness (QED) is 0.694. The fraction of sp³-hybridized carbons (Fsp3) is 0.200. The Hall–Kier alpha value is -2.88. The van der Waals surface area contributed by atoms with Gasteiger partial charge >= 0.3 is 5.97 Å². The van der Waals surface area contributed by atoms with Crippen LogP contribution in [0.5, 0.6) is 0 Å². The molecule has 122 valence electrons. The van der Waals surface area contributed by atoms with Gasteiger partial charge in [0.2, 0.25) is 5.43 Å². The smallest absolute Gasteiger partial charge is 0.343 e. The molecular formula is C20H19NO3. The normalized spacial score (nSPS) is 10.8. The molecule has 0 atom stereocenters. The maximum Gasteiger partial charge on any atom is 0.343 e. The number of methoxy groups -OCH3 is 1. The number of rotatable bonds is 3. The van der Waals surface area contributed by atoms with Crippen molar-refractivity contribution in [2.75, 3.05) is 7.11 Å². The van der Waals surface area contributed by atoms with Gasteiger partial charge in [0.05, 0.1) is 12.6 Å². The zero-order valence-electron chi connectivity index (χ0n) is 14.0. The second-order valence-corrected chi connectivity index (χ2v) is 5.90. The molecule has 0 saturated heterocycles. The molecule has 0 aliphatic heterocycles. The molecule has 2 aromatic carbocycles. The summed E-state index contributed by atoms with van der Waals surface area (Å²) >= 11 is 0. The third-order valence-corrected chi connectivity index (χ3v) is 4.23. The molecule has 3 rings (SSSR count). The molecule has 0 amide bonds. The summed E-state index contributed by atoms with van der Waals surface area (Å²) in [5, 5.41) is 0.578. The fourth-order valence-corrected chi connectivity index (χ4v) is 3.03. The van der Waals surface area contributed by atoms with Gasteiger partial charge in [-0.15, -0.1) is 0 Å². The molecule has 0 aliphatic carbocycles. The lowest BCUT2D eigenvalue weighted by Crippen LogP contribution is -2.21. The first-order valence-electron chi connectivity index (χ1n) is 7.78. The van der Waals surface area contributed by atoms with Gasteiger partial charge in [-0.05, 0) is 30.5 Å². The largest absolute Gasteiger partial charge is 0.465 e. The fourth-order valence-electron chi connectivity index (χ4n) is 3.03.